The van der Waals surface area contributed by atoms with Crippen LogP contribution < -0.4 is 15.2 Å². The molecule has 1 aliphatic heterocycles. The van der Waals surface area contributed by atoms with Gasteiger partial charge in [-0.05, 0) is 31.7 Å². The first kappa shape index (κ1) is 17.1. The van der Waals surface area contributed by atoms with Gasteiger partial charge >= 0.3 is 0 Å². The van der Waals surface area contributed by atoms with E-state index in [-0.39, 0.29) is 6.04 Å². The molecule has 22 heavy (non-hydrogen) atoms. The van der Waals surface area contributed by atoms with Crippen LogP contribution in [0.3, 0.4) is 0 Å². The second-order valence-electron chi connectivity index (χ2n) is 5.92. The minimum absolute atomic E-state index is 0.156. The summed E-state index contributed by atoms with van der Waals surface area (Å²) in [6.07, 6.45) is 1.12. The monoisotopic (exact) mass is 307 g/mol. The molecule has 2 rings (SSSR count). The van der Waals surface area contributed by atoms with E-state index in [2.05, 4.69) is 29.8 Å². The van der Waals surface area contributed by atoms with Crippen LogP contribution in [-0.2, 0) is 0 Å². The van der Waals surface area contributed by atoms with E-state index in [0.29, 0.717) is 12.6 Å². The van der Waals surface area contributed by atoms with Gasteiger partial charge in [0, 0.05) is 37.8 Å². The maximum absolute atomic E-state index is 6.15. The first-order valence-electron chi connectivity index (χ1n) is 8.00. The normalized spacial score (nSPS) is 21.6. The molecule has 0 aromatic heterocycles. The Morgan fingerprint density at radius 2 is 2.05 bits per heavy atom. The zero-order chi connectivity index (χ0) is 16.1. The molecule has 0 saturated carbocycles. The predicted molar refractivity (Wildman–Crippen MR) is 89.6 cm³/mol. The molecule has 0 aliphatic carbocycles. The van der Waals surface area contributed by atoms with Crippen molar-refractivity contribution < 1.29 is 9.47 Å². The molecule has 2 unspecified atom stereocenters. The van der Waals surface area contributed by atoms with Gasteiger partial charge in [0.25, 0.3) is 0 Å². The van der Waals surface area contributed by atoms with Crippen molar-refractivity contribution in [3.63, 3.8) is 0 Å². The fraction of sp³-hybridized carbons (Fsp3) is 0.647. The van der Waals surface area contributed by atoms with Crippen LogP contribution in [0.1, 0.15) is 24.9 Å². The van der Waals surface area contributed by atoms with E-state index < -0.39 is 0 Å². The van der Waals surface area contributed by atoms with Gasteiger partial charge in [0.2, 0.25) is 0 Å². The van der Waals surface area contributed by atoms with Crippen molar-refractivity contribution in [1.82, 2.24) is 9.80 Å². The van der Waals surface area contributed by atoms with Crippen LogP contribution in [0.25, 0.3) is 0 Å². The Morgan fingerprint density at radius 3 is 2.64 bits per heavy atom. The Bertz CT molecular complexity index is 481. The van der Waals surface area contributed by atoms with E-state index in [1.54, 1.807) is 14.2 Å². The molecule has 1 aromatic rings. The Hall–Kier alpha value is -1.30. The standard InChI is InChI=1S/C17H29N3O2/c1-5-13-12-19(2)8-9-20(13)16(11-18)15-10-14(21-3)6-7-17(15)22-4/h6-7,10,13,16H,5,8-9,11-12,18H2,1-4H3. The lowest BCUT2D eigenvalue weighted by Crippen LogP contribution is -2.53. The van der Waals surface area contributed by atoms with Crippen LogP contribution in [0.5, 0.6) is 11.5 Å². The Balaban J connectivity index is 2.34. The van der Waals surface area contributed by atoms with Gasteiger partial charge in [0.15, 0.2) is 0 Å². The van der Waals surface area contributed by atoms with Crippen molar-refractivity contribution in [2.75, 3.05) is 47.4 Å². The van der Waals surface area contributed by atoms with E-state index in [4.69, 9.17) is 15.2 Å². The van der Waals surface area contributed by atoms with Crippen LogP contribution in [0.2, 0.25) is 0 Å². The largest absolute Gasteiger partial charge is 0.497 e. The minimum atomic E-state index is 0.156. The van der Waals surface area contributed by atoms with Gasteiger partial charge in [-0.3, -0.25) is 4.90 Å². The number of likely N-dealkylation sites (N-methyl/N-ethyl adjacent to an activating group) is 1. The van der Waals surface area contributed by atoms with Crippen LogP contribution >= 0.6 is 0 Å². The van der Waals surface area contributed by atoms with E-state index in [0.717, 1.165) is 43.1 Å². The Kier molecular flexibility index (Phi) is 6.06. The van der Waals surface area contributed by atoms with Crippen molar-refractivity contribution in [2.45, 2.75) is 25.4 Å². The number of hydrogen-bond acceptors (Lipinski definition) is 5. The number of piperazine rings is 1. The number of nitrogens with two attached hydrogens (primary N) is 1. The minimum Gasteiger partial charge on any atom is -0.497 e. The van der Waals surface area contributed by atoms with E-state index in [1.807, 2.05) is 12.1 Å². The molecule has 1 saturated heterocycles. The van der Waals surface area contributed by atoms with Gasteiger partial charge in [0.1, 0.15) is 11.5 Å². The third-order valence-electron chi connectivity index (χ3n) is 4.62. The summed E-state index contributed by atoms with van der Waals surface area (Å²) < 4.78 is 10.9. The number of ether oxygens (including phenoxy) is 2. The van der Waals surface area contributed by atoms with Gasteiger partial charge in [0.05, 0.1) is 20.3 Å². The molecular formula is C17H29N3O2. The highest BCUT2D eigenvalue weighted by Gasteiger charge is 2.31. The van der Waals surface area contributed by atoms with Gasteiger partial charge in [-0.15, -0.1) is 0 Å². The summed E-state index contributed by atoms with van der Waals surface area (Å²) in [5.41, 5.74) is 7.27. The lowest BCUT2D eigenvalue weighted by atomic mass is 9.99. The molecule has 124 valence electrons. The highest BCUT2D eigenvalue weighted by atomic mass is 16.5. The summed E-state index contributed by atoms with van der Waals surface area (Å²) in [5, 5.41) is 0. The molecule has 5 heteroatoms. The first-order valence-corrected chi connectivity index (χ1v) is 8.00. The number of hydrogen-bond donors (Lipinski definition) is 1. The average Bonchev–Trinajstić information content (AvgIpc) is 2.56. The third-order valence-corrected chi connectivity index (χ3v) is 4.62. The Morgan fingerprint density at radius 1 is 1.27 bits per heavy atom. The number of nitrogens with zero attached hydrogens (tertiary/aromatic N) is 2. The summed E-state index contributed by atoms with van der Waals surface area (Å²) in [5.74, 6) is 1.72. The lowest BCUT2D eigenvalue weighted by molar-refractivity contribution is 0.0512. The van der Waals surface area contributed by atoms with Crippen LogP contribution in [0, 0.1) is 0 Å². The summed E-state index contributed by atoms with van der Waals surface area (Å²) in [6, 6.07) is 6.62. The van der Waals surface area contributed by atoms with Crippen molar-refractivity contribution in [1.29, 1.82) is 0 Å². The van der Waals surface area contributed by atoms with Crippen molar-refractivity contribution in [3.05, 3.63) is 23.8 Å². The van der Waals surface area contributed by atoms with Gasteiger partial charge in [-0.25, -0.2) is 0 Å². The molecule has 1 fully saturated rings. The molecule has 2 atom stereocenters. The average molecular weight is 307 g/mol. The number of methoxy groups -OCH3 is 2. The number of rotatable bonds is 6. The second-order valence-corrected chi connectivity index (χ2v) is 5.92. The maximum Gasteiger partial charge on any atom is 0.123 e. The number of benzene rings is 1. The van der Waals surface area contributed by atoms with E-state index in [1.165, 1.54) is 0 Å². The maximum atomic E-state index is 6.15. The summed E-state index contributed by atoms with van der Waals surface area (Å²) in [6.45, 7) is 5.99. The topological polar surface area (TPSA) is 51.0 Å². The molecule has 5 nitrogen and oxygen atoms in total. The quantitative estimate of drug-likeness (QED) is 0.867. The van der Waals surface area contributed by atoms with Gasteiger partial charge in [-0.2, -0.15) is 0 Å². The molecule has 1 heterocycles. The van der Waals surface area contributed by atoms with Crippen molar-refractivity contribution >= 4 is 0 Å². The van der Waals surface area contributed by atoms with Gasteiger partial charge in [-0.1, -0.05) is 6.92 Å². The van der Waals surface area contributed by atoms with Crippen molar-refractivity contribution in [2.24, 2.45) is 5.73 Å². The third kappa shape index (κ3) is 3.54. The zero-order valence-electron chi connectivity index (χ0n) is 14.2. The molecule has 0 bridgehead atoms. The molecule has 1 aromatic carbocycles. The predicted octanol–water partition coefficient (Wildman–Crippen LogP) is 1.73. The Labute approximate surface area is 134 Å². The van der Waals surface area contributed by atoms with Crippen LogP contribution in [0.4, 0.5) is 0 Å². The fourth-order valence-electron chi connectivity index (χ4n) is 3.34. The van der Waals surface area contributed by atoms with Crippen LogP contribution in [0.15, 0.2) is 18.2 Å². The van der Waals surface area contributed by atoms with Crippen molar-refractivity contribution in [3.8, 4) is 11.5 Å². The molecule has 0 amide bonds. The van der Waals surface area contributed by atoms with E-state index >= 15 is 0 Å². The highest BCUT2D eigenvalue weighted by Crippen LogP contribution is 2.34. The first-order chi connectivity index (χ1) is 10.6. The summed E-state index contributed by atoms with van der Waals surface area (Å²) in [4.78, 5) is 4.92. The molecule has 0 spiro atoms. The van der Waals surface area contributed by atoms with Gasteiger partial charge < -0.3 is 20.1 Å². The van der Waals surface area contributed by atoms with E-state index in [9.17, 15) is 0 Å². The molecular weight excluding hydrogens is 278 g/mol. The summed E-state index contributed by atoms with van der Waals surface area (Å²) >= 11 is 0. The highest BCUT2D eigenvalue weighted by molar-refractivity contribution is 5.42. The molecule has 0 radical (unpaired) electrons. The SMILES string of the molecule is CCC1CN(C)CCN1C(CN)c1cc(OC)ccc1OC. The summed E-state index contributed by atoms with van der Waals surface area (Å²) in [7, 11) is 5.58. The van der Waals surface area contributed by atoms with Crippen LogP contribution in [-0.4, -0.2) is 63.3 Å². The zero-order valence-corrected chi connectivity index (χ0v) is 14.2. The lowest BCUT2D eigenvalue weighted by Gasteiger charge is -2.44. The fourth-order valence-corrected chi connectivity index (χ4v) is 3.34. The molecule has 1 aliphatic rings. The smallest absolute Gasteiger partial charge is 0.123 e. The second kappa shape index (κ2) is 7.81. The molecule has 2 N–H and O–H groups in total.